The van der Waals surface area contributed by atoms with Crippen molar-refractivity contribution in [3.8, 4) is 0 Å². The summed E-state index contributed by atoms with van der Waals surface area (Å²) < 4.78 is 11.1. The van der Waals surface area contributed by atoms with Crippen LogP contribution in [0.1, 0.15) is 28.9 Å². The molecule has 0 bridgehead atoms. The first-order chi connectivity index (χ1) is 10.3. The van der Waals surface area contributed by atoms with Crippen molar-refractivity contribution in [2.45, 2.75) is 31.7 Å². The Morgan fingerprint density at radius 2 is 2.24 bits per heavy atom. The molecular weight excluding hydrogens is 290 g/mol. The summed E-state index contributed by atoms with van der Waals surface area (Å²) in [6.45, 7) is 2.01. The van der Waals surface area contributed by atoms with E-state index >= 15 is 0 Å². The lowest BCUT2D eigenvalue weighted by Crippen LogP contribution is -2.46. The second kappa shape index (κ2) is 6.79. The van der Waals surface area contributed by atoms with Gasteiger partial charge >= 0.3 is 0 Å². The molecule has 2 saturated heterocycles. The second-order valence-electron chi connectivity index (χ2n) is 5.40. The summed E-state index contributed by atoms with van der Waals surface area (Å²) in [4.78, 5) is 25.4. The average molecular weight is 309 g/mol. The van der Waals surface area contributed by atoms with Crippen molar-refractivity contribution < 1.29 is 19.1 Å². The SMILES string of the molecule is O=C(c1cccs1)C1CCOC(C(=O)C2CCCNC2)O1. The first-order valence-electron chi connectivity index (χ1n) is 7.35. The van der Waals surface area contributed by atoms with Crippen molar-refractivity contribution in [2.24, 2.45) is 5.92 Å². The van der Waals surface area contributed by atoms with Crippen LogP contribution in [0.5, 0.6) is 0 Å². The molecule has 3 heterocycles. The molecule has 3 rings (SSSR count). The van der Waals surface area contributed by atoms with Crippen molar-refractivity contribution >= 4 is 22.9 Å². The Bertz CT molecular complexity index is 496. The van der Waals surface area contributed by atoms with Crippen molar-refractivity contribution in [2.75, 3.05) is 19.7 Å². The van der Waals surface area contributed by atoms with Crippen molar-refractivity contribution in [1.29, 1.82) is 0 Å². The number of hydrogen-bond donors (Lipinski definition) is 1. The fourth-order valence-corrected chi connectivity index (χ4v) is 3.45. The molecule has 2 aliphatic rings. The van der Waals surface area contributed by atoms with Gasteiger partial charge in [0.25, 0.3) is 0 Å². The van der Waals surface area contributed by atoms with Gasteiger partial charge in [-0.3, -0.25) is 9.59 Å². The Morgan fingerprint density at radius 1 is 1.33 bits per heavy atom. The van der Waals surface area contributed by atoms with E-state index in [1.54, 1.807) is 6.07 Å². The standard InChI is InChI=1S/C15H19NO4S/c17-13(10-3-1-6-16-9-10)15-19-7-5-11(20-15)14(18)12-4-2-8-21-12/h2,4,8,10-11,15-16H,1,3,5-7,9H2. The summed E-state index contributed by atoms with van der Waals surface area (Å²) in [5.41, 5.74) is 0. The van der Waals surface area contributed by atoms with Crippen molar-refractivity contribution in [1.82, 2.24) is 5.32 Å². The number of thiophene rings is 1. The number of Topliss-reactive ketones (excluding diaryl/α,β-unsaturated/α-hetero) is 2. The molecule has 1 aromatic heterocycles. The van der Waals surface area contributed by atoms with E-state index in [0.29, 0.717) is 24.4 Å². The van der Waals surface area contributed by atoms with Gasteiger partial charge < -0.3 is 14.8 Å². The number of nitrogens with one attached hydrogen (secondary N) is 1. The molecule has 6 heteroatoms. The van der Waals surface area contributed by atoms with Crippen LogP contribution in [0.25, 0.3) is 0 Å². The molecule has 0 saturated carbocycles. The minimum absolute atomic E-state index is 0.0362. The Labute approximate surface area is 127 Å². The number of piperidine rings is 1. The molecule has 5 nitrogen and oxygen atoms in total. The van der Waals surface area contributed by atoms with Crippen LogP contribution in [0.4, 0.5) is 0 Å². The quantitative estimate of drug-likeness (QED) is 0.857. The highest BCUT2D eigenvalue weighted by atomic mass is 32.1. The van der Waals surface area contributed by atoms with Crippen LogP contribution < -0.4 is 5.32 Å². The van der Waals surface area contributed by atoms with Gasteiger partial charge in [-0.1, -0.05) is 6.07 Å². The topological polar surface area (TPSA) is 64.6 Å². The third-order valence-electron chi connectivity index (χ3n) is 3.93. The largest absolute Gasteiger partial charge is 0.346 e. The smallest absolute Gasteiger partial charge is 0.218 e. The van der Waals surface area contributed by atoms with Gasteiger partial charge in [-0.15, -0.1) is 11.3 Å². The summed E-state index contributed by atoms with van der Waals surface area (Å²) in [5, 5.41) is 5.08. The Balaban J connectivity index is 1.62. The molecule has 114 valence electrons. The predicted octanol–water partition coefficient (Wildman–Crippen LogP) is 1.63. The van der Waals surface area contributed by atoms with Gasteiger partial charge in [0.1, 0.15) is 6.10 Å². The highest BCUT2D eigenvalue weighted by Crippen LogP contribution is 2.23. The van der Waals surface area contributed by atoms with Gasteiger partial charge in [0, 0.05) is 18.9 Å². The first-order valence-corrected chi connectivity index (χ1v) is 8.23. The molecule has 1 aromatic rings. The van der Waals surface area contributed by atoms with Gasteiger partial charge in [0.15, 0.2) is 5.78 Å². The van der Waals surface area contributed by atoms with Gasteiger partial charge in [-0.05, 0) is 30.8 Å². The van der Waals surface area contributed by atoms with Crippen LogP contribution in [-0.4, -0.2) is 43.7 Å². The highest BCUT2D eigenvalue weighted by Gasteiger charge is 2.36. The zero-order valence-corrected chi connectivity index (χ0v) is 12.6. The third-order valence-corrected chi connectivity index (χ3v) is 4.81. The fourth-order valence-electron chi connectivity index (χ4n) is 2.75. The minimum Gasteiger partial charge on any atom is -0.346 e. The lowest BCUT2D eigenvalue weighted by molar-refractivity contribution is -0.204. The second-order valence-corrected chi connectivity index (χ2v) is 6.35. The molecular formula is C15H19NO4S. The number of ketones is 2. The summed E-state index contributed by atoms with van der Waals surface area (Å²) in [6.07, 6.45) is 0.892. The maximum Gasteiger partial charge on any atom is 0.218 e. The maximum absolute atomic E-state index is 12.4. The molecule has 1 N–H and O–H groups in total. The van der Waals surface area contributed by atoms with Crippen LogP contribution in [0.15, 0.2) is 17.5 Å². The van der Waals surface area contributed by atoms with E-state index in [1.165, 1.54) is 11.3 Å². The molecule has 0 aromatic carbocycles. The number of carbonyl (C=O) groups is 2. The van der Waals surface area contributed by atoms with Gasteiger partial charge in [0.05, 0.1) is 11.5 Å². The summed E-state index contributed by atoms with van der Waals surface area (Å²) in [7, 11) is 0. The van der Waals surface area contributed by atoms with Crippen LogP contribution in [0.3, 0.4) is 0 Å². The number of carbonyl (C=O) groups excluding carboxylic acids is 2. The Kier molecular flexibility index (Phi) is 4.80. The van der Waals surface area contributed by atoms with Crippen LogP contribution in [0.2, 0.25) is 0 Å². The van der Waals surface area contributed by atoms with E-state index < -0.39 is 12.4 Å². The molecule has 2 aliphatic heterocycles. The van der Waals surface area contributed by atoms with Crippen molar-refractivity contribution in [3.63, 3.8) is 0 Å². The predicted molar refractivity (Wildman–Crippen MR) is 78.5 cm³/mol. The number of rotatable bonds is 4. The monoisotopic (exact) mass is 309 g/mol. The summed E-state index contributed by atoms with van der Waals surface area (Å²) in [5.74, 6) is -0.155. The van der Waals surface area contributed by atoms with Gasteiger partial charge in [0.2, 0.25) is 12.1 Å². The number of hydrogen-bond acceptors (Lipinski definition) is 6. The van der Waals surface area contributed by atoms with E-state index in [-0.39, 0.29) is 17.5 Å². The maximum atomic E-state index is 12.4. The summed E-state index contributed by atoms with van der Waals surface area (Å²) >= 11 is 1.40. The van der Waals surface area contributed by atoms with E-state index in [0.717, 1.165) is 19.4 Å². The van der Waals surface area contributed by atoms with Crippen LogP contribution in [0, 0.1) is 5.92 Å². The van der Waals surface area contributed by atoms with E-state index in [9.17, 15) is 9.59 Å². The molecule has 3 atom stereocenters. The molecule has 0 aliphatic carbocycles. The average Bonchev–Trinajstić information content (AvgIpc) is 3.09. The van der Waals surface area contributed by atoms with E-state index in [4.69, 9.17) is 9.47 Å². The van der Waals surface area contributed by atoms with Crippen LogP contribution >= 0.6 is 11.3 Å². The Morgan fingerprint density at radius 3 is 2.95 bits per heavy atom. The Hall–Kier alpha value is -1.08. The van der Waals surface area contributed by atoms with Crippen molar-refractivity contribution in [3.05, 3.63) is 22.4 Å². The fraction of sp³-hybridized carbons (Fsp3) is 0.600. The first kappa shape index (κ1) is 14.8. The lowest BCUT2D eigenvalue weighted by atomic mass is 9.94. The molecule has 0 amide bonds. The molecule has 0 spiro atoms. The molecule has 2 fully saturated rings. The third kappa shape index (κ3) is 3.40. The normalized spacial score (nSPS) is 30.0. The molecule has 21 heavy (non-hydrogen) atoms. The zero-order valence-electron chi connectivity index (χ0n) is 11.7. The number of ether oxygens (including phenoxy) is 2. The van der Waals surface area contributed by atoms with E-state index in [1.807, 2.05) is 11.4 Å². The minimum atomic E-state index is -0.891. The van der Waals surface area contributed by atoms with E-state index in [2.05, 4.69) is 5.32 Å². The lowest BCUT2D eigenvalue weighted by Gasteiger charge is -2.31. The molecule has 0 radical (unpaired) electrons. The summed E-state index contributed by atoms with van der Waals surface area (Å²) in [6, 6.07) is 3.63. The highest BCUT2D eigenvalue weighted by molar-refractivity contribution is 7.12. The zero-order chi connectivity index (χ0) is 14.7. The molecule has 3 unspecified atom stereocenters. The van der Waals surface area contributed by atoms with Gasteiger partial charge in [-0.25, -0.2) is 0 Å². The van der Waals surface area contributed by atoms with Gasteiger partial charge in [-0.2, -0.15) is 0 Å². The van der Waals surface area contributed by atoms with Crippen LogP contribution in [-0.2, 0) is 14.3 Å².